The van der Waals surface area contributed by atoms with E-state index in [1.54, 1.807) is 0 Å². The van der Waals surface area contributed by atoms with E-state index in [1.165, 1.54) is 0 Å². The third-order valence-electron chi connectivity index (χ3n) is 1.87. The van der Waals surface area contributed by atoms with Crippen molar-refractivity contribution < 1.29 is 13.3 Å². The average Bonchev–Trinajstić information content (AvgIpc) is 2.25. The summed E-state index contributed by atoms with van der Waals surface area (Å²) in [5, 5.41) is 9.92. The van der Waals surface area contributed by atoms with Crippen molar-refractivity contribution in [2.75, 3.05) is 6.54 Å². The summed E-state index contributed by atoms with van der Waals surface area (Å²) in [4.78, 5) is 9.42. The van der Waals surface area contributed by atoms with Gasteiger partial charge in [0, 0.05) is 0 Å². The Bertz CT molecular complexity index is 637. The third kappa shape index (κ3) is 2.91. The molecule has 0 fully saturated rings. The van der Waals surface area contributed by atoms with Gasteiger partial charge in [0.25, 0.3) is 0 Å². The maximum Gasteiger partial charge on any atom is 0.307 e. The zero-order valence-corrected chi connectivity index (χ0v) is 11.0. The largest absolute Gasteiger partial charge is 0.307 e. The predicted octanol–water partition coefficient (Wildman–Crippen LogP) is 1.81. The molecule has 0 aliphatic heterocycles. The molecule has 0 spiro atoms. The number of nitro benzene ring substituents is 1. The molecule has 9 heteroatoms. The van der Waals surface area contributed by atoms with E-state index in [9.17, 15) is 18.5 Å². The number of nitrogens with one attached hydrogen (secondary N) is 1. The molecule has 0 amide bonds. The normalized spacial score (nSPS) is 10.9. The highest BCUT2D eigenvalue weighted by Crippen LogP contribution is 2.36. The lowest BCUT2D eigenvalue weighted by atomic mass is 10.3. The van der Waals surface area contributed by atoms with E-state index < -0.39 is 30.6 Å². The highest BCUT2D eigenvalue weighted by molar-refractivity contribution is 7.89. The van der Waals surface area contributed by atoms with Crippen LogP contribution in [0.2, 0.25) is 10.0 Å². The van der Waals surface area contributed by atoms with Crippen LogP contribution in [0.25, 0.3) is 0 Å². The van der Waals surface area contributed by atoms with Crippen molar-refractivity contribution in [2.45, 2.75) is 4.90 Å². The molecule has 0 saturated carbocycles. The number of halogens is 2. The molecule has 18 heavy (non-hydrogen) atoms. The summed E-state index contributed by atoms with van der Waals surface area (Å²) in [7, 11) is -4.01. The second-order valence-corrected chi connectivity index (χ2v) is 5.51. The SMILES string of the molecule is C#CCNS(=O)(=O)c1ccc(Cl)c([N+](=O)[O-])c1Cl. The number of nitrogens with zero attached hydrogens (tertiary/aromatic N) is 1. The van der Waals surface area contributed by atoms with E-state index in [-0.39, 0.29) is 11.6 Å². The predicted molar refractivity (Wildman–Crippen MR) is 67.1 cm³/mol. The van der Waals surface area contributed by atoms with Crippen molar-refractivity contribution in [3.8, 4) is 12.3 Å². The molecule has 0 atom stereocenters. The van der Waals surface area contributed by atoms with Gasteiger partial charge in [-0.1, -0.05) is 29.1 Å². The van der Waals surface area contributed by atoms with Crippen molar-refractivity contribution in [3.05, 3.63) is 32.3 Å². The molecule has 0 aromatic heterocycles. The summed E-state index contributed by atoms with van der Waals surface area (Å²) in [5.41, 5.74) is -0.665. The topological polar surface area (TPSA) is 89.3 Å². The lowest BCUT2D eigenvalue weighted by Gasteiger charge is -2.07. The summed E-state index contributed by atoms with van der Waals surface area (Å²) < 4.78 is 25.5. The Kier molecular flexibility index (Phi) is 4.53. The summed E-state index contributed by atoms with van der Waals surface area (Å²) in [6.07, 6.45) is 4.91. The fourth-order valence-corrected chi connectivity index (χ4v) is 2.93. The van der Waals surface area contributed by atoms with Crippen LogP contribution in [0.4, 0.5) is 5.69 Å². The van der Waals surface area contributed by atoms with Crippen LogP contribution in [0.1, 0.15) is 0 Å². The number of terminal acetylenes is 1. The number of hydrogen-bond acceptors (Lipinski definition) is 4. The zero-order valence-electron chi connectivity index (χ0n) is 8.68. The van der Waals surface area contributed by atoms with Gasteiger partial charge in [0.2, 0.25) is 10.0 Å². The molecule has 0 saturated heterocycles. The lowest BCUT2D eigenvalue weighted by Crippen LogP contribution is -2.24. The molecule has 1 aromatic rings. The Hall–Kier alpha value is -1.33. The smallest absolute Gasteiger partial charge is 0.258 e. The van der Waals surface area contributed by atoms with Crippen molar-refractivity contribution >= 4 is 38.9 Å². The molecule has 0 bridgehead atoms. The quantitative estimate of drug-likeness (QED) is 0.522. The molecule has 1 aromatic carbocycles. The molecule has 1 N–H and O–H groups in total. The second kappa shape index (κ2) is 5.54. The molecule has 96 valence electrons. The monoisotopic (exact) mass is 308 g/mol. The van der Waals surface area contributed by atoms with Crippen LogP contribution >= 0.6 is 23.2 Å². The zero-order chi connectivity index (χ0) is 13.9. The van der Waals surface area contributed by atoms with E-state index in [2.05, 4.69) is 5.92 Å². The van der Waals surface area contributed by atoms with Crippen molar-refractivity contribution in [3.63, 3.8) is 0 Å². The molecule has 6 nitrogen and oxygen atoms in total. The fraction of sp³-hybridized carbons (Fsp3) is 0.111. The van der Waals surface area contributed by atoms with Gasteiger partial charge in [-0.3, -0.25) is 10.1 Å². The molecule has 0 heterocycles. The average molecular weight is 309 g/mol. The molecule has 1 rings (SSSR count). The standard InChI is InChI=1S/C9H6Cl2N2O4S/c1-2-5-12-18(16,17)7-4-3-6(10)9(8(7)11)13(14)15/h1,3-4,12H,5H2. The van der Waals surface area contributed by atoms with Crippen molar-refractivity contribution in [2.24, 2.45) is 0 Å². The molecular weight excluding hydrogens is 303 g/mol. The summed E-state index contributed by atoms with van der Waals surface area (Å²) >= 11 is 11.3. The maximum atomic E-state index is 11.7. The second-order valence-electron chi connectivity index (χ2n) is 2.99. The van der Waals surface area contributed by atoms with Crippen LogP contribution in [-0.4, -0.2) is 19.9 Å². The highest BCUT2D eigenvalue weighted by Gasteiger charge is 2.27. The van der Waals surface area contributed by atoms with E-state index in [4.69, 9.17) is 29.6 Å². The van der Waals surface area contributed by atoms with E-state index >= 15 is 0 Å². The van der Waals surface area contributed by atoms with E-state index in [0.29, 0.717) is 0 Å². The van der Waals surface area contributed by atoms with Gasteiger partial charge in [-0.05, 0) is 12.1 Å². The van der Waals surface area contributed by atoms with Gasteiger partial charge in [-0.25, -0.2) is 8.42 Å². The maximum absolute atomic E-state index is 11.7. The molecule has 0 aliphatic rings. The van der Waals surface area contributed by atoms with Gasteiger partial charge >= 0.3 is 5.69 Å². The molecule has 0 unspecified atom stereocenters. The first-order valence-electron chi connectivity index (χ1n) is 4.36. The molecular formula is C9H6Cl2N2O4S. The van der Waals surface area contributed by atoms with Crippen LogP contribution in [0.15, 0.2) is 17.0 Å². The van der Waals surface area contributed by atoms with Gasteiger partial charge in [-0.2, -0.15) is 4.72 Å². The Morgan fingerprint density at radius 3 is 2.56 bits per heavy atom. The Morgan fingerprint density at radius 2 is 2.06 bits per heavy atom. The van der Waals surface area contributed by atoms with Gasteiger partial charge in [-0.15, -0.1) is 6.42 Å². The van der Waals surface area contributed by atoms with E-state index in [1.807, 2.05) is 4.72 Å². The number of benzene rings is 1. The van der Waals surface area contributed by atoms with Crippen LogP contribution in [0, 0.1) is 22.5 Å². The van der Waals surface area contributed by atoms with Crippen LogP contribution in [0.5, 0.6) is 0 Å². The minimum Gasteiger partial charge on any atom is -0.258 e. The van der Waals surface area contributed by atoms with Crippen molar-refractivity contribution in [1.82, 2.24) is 4.72 Å². The Labute approximate surface area is 113 Å². The van der Waals surface area contributed by atoms with Crippen LogP contribution < -0.4 is 4.72 Å². The summed E-state index contributed by atoms with van der Waals surface area (Å²) in [5.74, 6) is 2.07. The third-order valence-corrected chi connectivity index (χ3v) is 4.11. The first-order chi connectivity index (χ1) is 8.31. The Balaban J connectivity index is 3.41. The van der Waals surface area contributed by atoms with Gasteiger partial charge < -0.3 is 0 Å². The molecule has 0 radical (unpaired) electrons. The van der Waals surface area contributed by atoms with Crippen molar-refractivity contribution in [1.29, 1.82) is 0 Å². The van der Waals surface area contributed by atoms with Gasteiger partial charge in [0.05, 0.1) is 11.5 Å². The summed E-state index contributed by atoms with van der Waals surface area (Å²) in [6.45, 7) is -0.255. The van der Waals surface area contributed by atoms with Gasteiger partial charge in [0.15, 0.2) is 0 Å². The highest BCUT2D eigenvalue weighted by atomic mass is 35.5. The first kappa shape index (κ1) is 14.7. The first-order valence-corrected chi connectivity index (χ1v) is 6.60. The number of sulfonamides is 1. The minimum absolute atomic E-state index is 0.249. The number of hydrogen-bond donors (Lipinski definition) is 1. The number of rotatable bonds is 4. The van der Waals surface area contributed by atoms with Crippen LogP contribution in [0.3, 0.4) is 0 Å². The molecule has 0 aliphatic carbocycles. The fourth-order valence-electron chi connectivity index (χ4n) is 1.11. The number of nitro groups is 1. The Morgan fingerprint density at radius 1 is 1.44 bits per heavy atom. The van der Waals surface area contributed by atoms with Crippen LogP contribution in [-0.2, 0) is 10.0 Å². The minimum atomic E-state index is -4.01. The lowest BCUT2D eigenvalue weighted by molar-refractivity contribution is -0.384. The summed E-state index contributed by atoms with van der Waals surface area (Å²) in [6, 6.07) is 2.15. The van der Waals surface area contributed by atoms with E-state index in [0.717, 1.165) is 12.1 Å². The van der Waals surface area contributed by atoms with Gasteiger partial charge in [0.1, 0.15) is 14.9 Å².